The van der Waals surface area contributed by atoms with Crippen LogP contribution in [0.5, 0.6) is 0 Å². The lowest BCUT2D eigenvalue weighted by Gasteiger charge is -2.18. The fourth-order valence-corrected chi connectivity index (χ4v) is 3.51. The van der Waals surface area contributed by atoms with Gasteiger partial charge in [-0.15, -0.1) is 0 Å². The van der Waals surface area contributed by atoms with Crippen LogP contribution in [0.15, 0.2) is 0 Å². The van der Waals surface area contributed by atoms with Crippen molar-refractivity contribution >= 4 is 19.7 Å². The molecule has 0 aromatic heterocycles. The molecule has 0 N–H and O–H groups in total. The zero-order chi connectivity index (χ0) is 14.7. The summed E-state index contributed by atoms with van der Waals surface area (Å²) in [7, 11) is 1.89. The largest absolute Gasteiger partial charge is 0.378 e. The summed E-state index contributed by atoms with van der Waals surface area (Å²) in [6.07, 6.45) is 7.98. The number of hydrogen-bond acceptors (Lipinski definition) is 3. The van der Waals surface area contributed by atoms with Gasteiger partial charge in [-0.25, -0.2) is 8.42 Å². The van der Waals surface area contributed by atoms with Gasteiger partial charge in [-0.05, 0) is 25.7 Å². The summed E-state index contributed by atoms with van der Waals surface area (Å²) < 4.78 is 28.0. The summed E-state index contributed by atoms with van der Waals surface area (Å²) in [5.41, 5.74) is 0. The monoisotopic (exact) mass is 312 g/mol. The average Bonchev–Trinajstić information content (AvgIpc) is 2.30. The van der Waals surface area contributed by atoms with E-state index in [4.69, 9.17) is 15.4 Å². The second-order valence-corrected chi connectivity index (χ2v) is 8.18. The Kier molecular flexibility index (Phi) is 11.0. The van der Waals surface area contributed by atoms with E-state index in [1.165, 1.54) is 25.7 Å². The number of unbranched alkanes of at least 4 members (excludes halogenated alkanes) is 3. The fourth-order valence-electron chi connectivity index (χ4n) is 2.15. The molecule has 3 nitrogen and oxygen atoms in total. The second kappa shape index (κ2) is 10.9. The van der Waals surface area contributed by atoms with Crippen LogP contribution in [0, 0.1) is 5.92 Å². The third-order valence-corrected chi connectivity index (χ3v) is 4.46. The van der Waals surface area contributed by atoms with Crippen molar-refractivity contribution < 1.29 is 13.2 Å². The minimum atomic E-state index is -3.43. The maximum absolute atomic E-state index is 11.1. The summed E-state index contributed by atoms with van der Waals surface area (Å²) in [6, 6.07) is 0. The van der Waals surface area contributed by atoms with Crippen molar-refractivity contribution in [2.24, 2.45) is 5.92 Å². The molecule has 0 aliphatic heterocycles. The quantitative estimate of drug-likeness (QED) is 0.397. The van der Waals surface area contributed by atoms with Crippen LogP contribution >= 0.6 is 10.7 Å². The SMILES string of the molecule is CCCCCCC(C)OCC(CCC)CS(=O)(=O)Cl. The van der Waals surface area contributed by atoms with Crippen LogP contribution in [0.2, 0.25) is 0 Å². The molecule has 0 saturated carbocycles. The molecule has 0 spiro atoms. The van der Waals surface area contributed by atoms with Crippen LogP contribution in [0.3, 0.4) is 0 Å². The lowest BCUT2D eigenvalue weighted by Crippen LogP contribution is -2.21. The van der Waals surface area contributed by atoms with E-state index >= 15 is 0 Å². The minimum Gasteiger partial charge on any atom is -0.378 e. The molecule has 116 valence electrons. The molecule has 0 aliphatic rings. The Balaban J connectivity index is 3.89. The first-order chi connectivity index (χ1) is 8.89. The minimum absolute atomic E-state index is 0.0188. The zero-order valence-corrected chi connectivity index (χ0v) is 14.1. The van der Waals surface area contributed by atoms with Gasteiger partial charge >= 0.3 is 0 Å². The van der Waals surface area contributed by atoms with Gasteiger partial charge in [0.1, 0.15) is 0 Å². The standard InChI is InChI=1S/C14H29ClO3S/c1-4-6-7-8-10-13(3)18-11-14(9-5-2)12-19(15,16)17/h13-14H,4-12H2,1-3H3. The van der Waals surface area contributed by atoms with Crippen LogP contribution in [0.1, 0.15) is 65.7 Å². The van der Waals surface area contributed by atoms with E-state index in [2.05, 4.69) is 13.8 Å². The molecule has 0 radical (unpaired) electrons. The zero-order valence-electron chi connectivity index (χ0n) is 12.5. The van der Waals surface area contributed by atoms with E-state index in [-0.39, 0.29) is 17.8 Å². The Morgan fingerprint density at radius 3 is 2.26 bits per heavy atom. The predicted octanol–water partition coefficient (Wildman–Crippen LogP) is 4.35. The third-order valence-electron chi connectivity index (χ3n) is 3.21. The van der Waals surface area contributed by atoms with Crippen molar-refractivity contribution in [1.29, 1.82) is 0 Å². The van der Waals surface area contributed by atoms with Crippen LogP contribution in [0.25, 0.3) is 0 Å². The number of rotatable bonds is 12. The fraction of sp³-hybridized carbons (Fsp3) is 1.00. The lowest BCUT2D eigenvalue weighted by molar-refractivity contribution is 0.0363. The van der Waals surface area contributed by atoms with Crippen molar-refractivity contribution in [2.45, 2.75) is 71.8 Å². The van der Waals surface area contributed by atoms with Crippen LogP contribution in [-0.2, 0) is 13.8 Å². The first kappa shape index (κ1) is 19.2. The average molecular weight is 313 g/mol. The van der Waals surface area contributed by atoms with E-state index in [1.807, 2.05) is 6.92 Å². The molecule has 0 fully saturated rings. The number of ether oxygens (including phenoxy) is 1. The second-order valence-electron chi connectivity index (χ2n) is 5.35. The Hall–Kier alpha value is 0.200. The Morgan fingerprint density at radius 1 is 1.05 bits per heavy atom. The van der Waals surface area contributed by atoms with Crippen molar-refractivity contribution in [2.75, 3.05) is 12.4 Å². The number of halogens is 1. The molecule has 5 heteroatoms. The molecule has 0 aromatic carbocycles. The van der Waals surface area contributed by atoms with E-state index in [0.29, 0.717) is 6.61 Å². The maximum atomic E-state index is 11.1. The van der Waals surface area contributed by atoms with Crippen molar-refractivity contribution in [3.05, 3.63) is 0 Å². The molecule has 2 atom stereocenters. The predicted molar refractivity (Wildman–Crippen MR) is 82.2 cm³/mol. The molecule has 0 saturated heterocycles. The van der Waals surface area contributed by atoms with Gasteiger partial charge in [0, 0.05) is 10.7 Å². The molecule has 0 amide bonds. The van der Waals surface area contributed by atoms with Crippen LogP contribution < -0.4 is 0 Å². The summed E-state index contributed by atoms with van der Waals surface area (Å²) in [6.45, 7) is 6.79. The van der Waals surface area contributed by atoms with Gasteiger partial charge in [0.2, 0.25) is 9.05 Å². The normalized spacial score (nSPS) is 15.4. The third kappa shape index (κ3) is 13.0. The van der Waals surface area contributed by atoms with E-state index in [0.717, 1.165) is 19.3 Å². The molecule has 0 aromatic rings. The highest BCUT2D eigenvalue weighted by Gasteiger charge is 2.17. The van der Waals surface area contributed by atoms with Gasteiger partial charge in [0.15, 0.2) is 0 Å². The highest BCUT2D eigenvalue weighted by molar-refractivity contribution is 8.13. The molecule has 19 heavy (non-hydrogen) atoms. The van der Waals surface area contributed by atoms with E-state index in [9.17, 15) is 8.42 Å². The van der Waals surface area contributed by atoms with Crippen molar-refractivity contribution in [3.8, 4) is 0 Å². The molecule has 0 heterocycles. The molecule has 0 aliphatic carbocycles. The Labute approximate surface area is 123 Å². The number of hydrogen-bond donors (Lipinski definition) is 0. The van der Waals surface area contributed by atoms with Crippen LogP contribution in [-0.4, -0.2) is 26.9 Å². The maximum Gasteiger partial charge on any atom is 0.232 e. The lowest BCUT2D eigenvalue weighted by atomic mass is 10.1. The van der Waals surface area contributed by atoms with Gasteiger partial charge in [-0.1, -0.05) is 46.0 Å². The first-order valence-electron chi connectivity index (χ1n) is 7.43. The van der Waals surface area contributed by atoms with Crippen molar-refractivity contribution in [3.63, 3.8) is 0 Å². The molecule has 0 bridgehead atoms. The molecule has 2 unspecified atom stereocenters. The van der Waals surface area contributed by atoms with Gasteiger partial charge < -0.3 is 4.74 Å². The van der Waals surface area contributed by atoms with Crippen molar-refractivity contribution in [1.82, 2.24) is 0 Å². The van der Waals surface area contributed by atoms with Crippen LogP contribution in [0.4, 0.5) is 0 Å². The molecular weight excluding hydrogens is 284 g/mol. The van der Waals surface area contributed by atoms with Gasteiger partial charge in [0.05, 0.1) is 18.5 Å². The van der Waals surface area contributed by atoms with Gasteiger partial charge in [-0.3, -0.25) is 0 Å². The Bertz CT molecular complexity index is 304. The first-order valence-corrected chi connectivity index (χ1v) is 9.90. The topological polar surface area (TPSA) is 43.4 Å². The summed E-state index contributed by atoms with van der Waals surface area (Å²) >= 11 is 0. The van der Waals surface area contributed by atoms with E-state index < -0.39 is 9.05 Å². The smallest absolute Gasteiger partial charge is 0.232 e. The summed E-state index contributed by atoms with van der Waals surface area (Å²) in [5.74, 6) is 0.0379. The highest BCUT2D eigenvalue weighted by Crippen LogP contribution is 2.15. The van der Waals surface area contributed by atoms with Gasteiger partial charge in [0.25, 0.3) is 0 Å². The van der Waals surface area contributed by atoms with E-state index in [1.54, 1.807) is 0 Å². The molecular formula is C14H29ClO3S. The van der Waals surface area contributed by atoms with Gasteiger partial charge in [-0.2, -0.15) is 0 Å². The Morgan fingerprint density at radius 2 is 1.74 bits per heavy atom. The summed E-state index contributed by atoms with van der Waals surface area (Å²) in [5, 5.41) is 0. The highest BCUT2D eigenvalue weighted by atomic mass is 35.7. The molecule has 0 rings (SSSR count). The summed E-state index contributed by atoms with van der Waals surface area (Å²) in [4.78, 5) is 0.